The summed E-state index contributed by atoms with van der Waals surface area (Å²) in [6.07, 6.45) is 4.77. The van der Waals surface area contributed by atoms with Crippen molar-refractivity contribution in [2.45, 2.75) is 33.1 Å². The lowest BCUT2D eigenvalue weighted by Gasteiger charge is -1.96. The van der Waals surface area contributed by atoms with Crippen LogP contribution in [0.1, 0.15) is 33.1 Å². The molecule has 0 aromatic carbocycles. The second kappa shape index (κ2) is 5.21. The lowest BCUT2D eigenvalue weighted by Crippen LogP contribution is -1.76. The predicted molar refractivity (Wildman–Crippen MR) is 43.5 cm³/mol. The summed E-state index contributed by atoms with van der Waals surface area (Å²) in [5.41, 5.74) is 1.08. The number of halogens is 1. The monoisotopic (exact) mass is 142 g/mol. The molecule has 0 rings (SSSR count). The molecule has 58 valence electrons. The van der Waals surface area contributed by atoms with E-state index in [0.29, 0.717) is 0 Å². The molecule has 0 spiro atoms. The van der Waals surface area contributed by atoms with Crippen molar-refractivity contribution < 1.29 is 4.39 Å². The molecule has 0 amide bonds. The normalized spacial score (nSPS) is 11.7. The van der Waals surface area contributed by atoms with Crippen molar-refractivity contribution in [2.75, 3.05) is 0 Å². The Morgan fingerprint density at radius 3 is 2.60 bits per heavy atom. The number of rotatable bonds is 4. The minimum atomic E-state index is -0.339. The maximum atomic E-state index is 12.1. The van der Waals surface area contributed by atoms with Crippen LogP contribution in [0.3, 0.4) is 0 Å². The van der Waals surface area contributed by atoms with Crippen LogP contribution in [0, 0.1) is 0 Å². The maximum absolute atomic E-state index is 12.1. The van der Waals surface area contributed by atoms with Gasteiger partial charge >= 0.3 is 0 Å². The third-order valence-corrected chi connectivity index (χ3v) is 1.33. The van der Waals surface area contributed by atoms with E-state index < -0.39 is 0 Å². The fourth-order valence-electron chi connectivity index (χ4n) is 0.795. The summed E-state index contributed by atoms with van der Waals surface area (Å²) in [4.78, 5) is 0. The number of hydrogen-bond acceptors (Lipinski definition) is 0. The van der Waals surface area contributed by atoms with Crippen LogP contribution < -0.4 is 0 Å². The first-order chi connectivity index (χ1) is 4.66. The largest absolute Gasteiger partial charge is 0.208 e. The molecule has 0 aromatic rings. The zero-order valence-corrected chi connectivity index (χ0v) is 6.78. The van der Waals surface area contributed by atoms with Gasteiger partial charge in [-0.25, -0.2) is 4.39 Å². The van der Waals surface area contributed by atoms with Crippen LogP contribution in [0.5, 0.6) is 0 Å². The third kappa shape index (κ3) is 5.54. The van der Waals surface area contributed by atoms with Gasteiger partial charge in [-0.15, -0.1) is 0 Å². The van der Waals surface area contributed by atoms with Gasteiger partial charge in [-0.05, 0) is 25.8 Å². The van der Waals surface area contributed by atoms with Gasteiger partial charge < -0.3 is 0 Å². The van der Waals surface area contributed by atoms with Gasteiger partial charge in [0.1, 0.15) is 5.83 Å². The van der Waals surface area contributed by atoms with E-state index in [1.165, 1.54) is 6.08 Å². The van der Waals surface area contributed by atoms with Gasteiger partial charge in [0.25, 0.3) is 0 Å². The molecule has 0 aromatic heterocycles. The average Bonchev–Trinajstić information content (AvgIpc) is 1.82. The standard InChI is InChI=1S/C9H15F/c1-4-5-6-8(2)7-9(3)10/h7H,3-6H2,1-2H3/b8-7-. The van der Waals surface area contributed by atoms with E-state index in [4.69, 9.17) is 0 Å². The second-order valence-corrected chi connectivity index (χ2v) is 2.54. The molecule has 0 saturated heterocycles. The van der Waals surface area contributed by atoms with E-state index in [9.17, 15) is 4.39 Å². The van der Waals surface area contributed by atoms with Crippen LogP contribution in [0.2, 0.25) is 0 Å². The molecule has 0 saturated carbocycles. The van der Waals surface area contributed by atoms with Crippen LogP contribution in [-0.2, 0) is 0 Å². The molecule has 0 bridgehead atoms. The highest BCUT2D eigenvalue weighted by molar-refractivity contribution is 5.13. The number of hydrogen-bond donors (Lipinski definition) is 0. The Kier molecular flexibility index (Phi) is 4.91. The van der Waals surface area contributed by atoms with Crippen molar-refractivity contribution in [3.05, 3.63) is 24.1 Å². The summed E-state index contributed by atoms with van der Waals surface area (Å²) in [6, 6.07) is 0. The molecule has 0 atom stereocenters. The van der Waals surface area contributed by atoms with Crippen LogP contribution >= 0.6 is 0 Å². The summed E-state index contributed by atoms with van der Waals surface area (Å²) >= 11 is 0. The summed E-state index contributed by atoms with van der Waals surface area (Å²) in [5.74, 6) is -0.339. The van der Waals surface area contributed by atoms with Gasteiger partial charge in [0.2, 0.25) is 0 Å². The SMILES string of the molecule is C=C(F)/C=C(/C)CCCC. The Balaban J connectivity index is 3.60. The molecule has 0 heterocycles. The van der Waals surface area contributed by atoms with Crippen molar-refractivity contribution in [3.63, 3.8) is 0 Å². The zero-order valence-electron chi connectivity index (χ0n) is 6.78. The molecule has 0 aliphatic rings. The molecule has 0 radical (unpaired) electrons. The van der Waals surface area contributed by atoms with Gasteiger partial charge in [-0.1, -0.05) is 25.5 Å². The average molecular weight is 142 g/mol. The molecule has 0 N–H and O–H groups in total. The molecule has 0 unspecified atom stereocenters. The van der Waals surface area contributed by atoms with Crippen LogP contribution in [0.4, 0.5) is 4.39 Å². The lowest BCUT2D eigenvalue weighted by atomic mass is 10.1. The third-order valence-electron chi connectivity index (χ3n) is 1.33. The summed E-state index contributed by atoms with van der Waals surface area (Å²) < 4.78 is 12.1. The molecular weight excluding hydrogens is 127 g/mol. The van der Waals surface area contributed by atoms with Crippen LogP contribution in [0.25, 0.3) is 0 Å². The first-order valence-electron chi connectivity index (χ1n) is 3.68. The molecular formula is C9H15F. The summed E-state index contributed by atoms with van der Waals surface area (Å²) in [5, 5.41) is 0. The van der Waals surface area contributed by atoms with Crippen molar-refractivity contribution >= 4 is 0 Å². The Morgan fingerprint density at radius 1 is 1.60 bits per heavy atom. The van der Waals surface area contributed by atoms with Gasteiger partial charge in [0, 0.05) is 0 Å². The smallest absolute Gasteiger partial charge is 0.115 e. The van der Waals surface area contributed by atoms with Crippen LogP contribution in [-0.4, -0.2) is 0 Å². The van der Waals surface area contributed by atoms with E-state index in [-0.39, 0.29) is 5.83 Å². The fraction of sp³-hybridized carbons (Fsp3) is 0.556. The molecule has 0 aliphatic carbocycles. The van der Waals surface area contributed by atoms with Gasteiger partial charge in [0.15, 0.2) is 0 Å². The summed E-state index contributed by atoms with van der Waals surface area (Å²) in [6.45, 7) is 7.21. The summed E-state index contributed by atoms with van der Waals surface area (Å²) in [7, 11) is 0. The second-order valence-electron chi connectivity index (χ2n) is 2.54. The molecule has 1 heteroatoms. The minimum absolute atomic E-state index is 0.339. The fourth-order valence-corrected chi connectivity index (χ4v) is 0.795. The Hall–Kier alpha value is -0.590. The van der Waals surface area contributed by atoms with E-state index in [0.717, 1.165) is 24.8 Å². The van der Waals surface area contributed by atoms with Gasteiger partial charge in [0.05, 0.1) is 0 Å². The van der Waals surface area contributed by atoms with E-state index >= 15 is 0 Å². The Morgan fingerprint density at radius 2 is 2.20 bits per heavy atom. The van der Waals surface area contributed by atoms with Gasteiger partial charge in [-0.3, -0.25) is 0 Å². The van der Waals surface area contributed by atoms with Crippen molar-refractivity contribution in [1.82, 2.24) is 0 Å². The van der Waals surface area contributed by atoms with Crippen molar-refractivity contribution in [2.24, 2.45) is 0 Å². The van der Waals surface area contributed by atoms with Crippen molar-refractivity contribution in [1.29, 1.82) is 0 Å². The lowest BCUT2D eigenvalue weighted by molar-refractivity contribution is 0.666. The highest BCUT2D eigenvalue weighted by Gasteiger charge is 1.89. The van der Waals surface area contributed by atoms with E-state index in [2.05, 4.69) is 13.5 Å². The molecule has 10 heavy (non-hydrogen) atoms. The quantitative estimate of drug-likeness (QED) is 0.526. The van der Waals surface area contributed by atoms with Crippen molar-refractivity contribution in [3.8, 4) is 0 Å². The Labute approximate surface area is 62.4 Å². The topological polar surface area (TPSA) is 0 Å². The Bertz CT molecular complexity index is 134. The first-order valence-corrected chi connectivity index (χ1v) is 3.68. The van der Waals surface area contributed by atoms with E-state index in [1.54, 1.807) is 0 Å². The highest BCUT2D eigenvalue weighted by atomic mass is 19.1. The molecule has 0 fully saturated rings. The number of unbranched alkanes of at least 4 members (excludes halogenated alkanes) is 1. The van der Waals surface area contributed by atoms with E-state index in [1.807, 2.05) is 6.92 Å². The molecule has 0 nitrogen and oxygen atoms in total. The van der Waals surface area contributed by atoms with Gasteiger partial charge in [-0.2, -0.15) is 0 Å². The first kappa shape index (κ1) is 9.41. The van der Waals surface area contributed by atoms with Crippen LogP contribution in [0.15, 0.2) is 24.1 Å². The highest BCUT2D eigenvalue weighted by Crippen LogP contribution is 2.08. The zero-order chi connectivity index (χ0) is 7.98. The number of allylic oxidation sites excluding steroid dienone is 3. The maximum Gasteiger partial charge on any atom is 0.115 e. The molecule has 0 aliphatic heterocycles. The minimum Gasteiger partial charge on any atom is -0.208 e. The predicted octanol–water partition coefficient (Wildman–Crippen LogP) is 3.61.